The first-order valence-corrected chi connectivity index (χ1v) is 9.05. The molecule has 1 saturated heterocycles. The molecule has 1 aliphatic rings. The van der Waals surface area contributed by atoms with Gasteiger partial charge in [0, 0.05) is 24.0 Å². The number of H-pyrrole nitrogens is 1. The van der Waals surface area contributed by atoms with Gasteiger partial charge in [-0.1, -0.05) is 42.5 Å². The second-order valence-electron chi connectivity index (χ2n) is 6.71. The number of aromatic amines is 1. The highest BCUT2D eigenvalue weighted by molar-refractivity contribution is 5.92. The molecule has 1 aromatic heterocycles. The molecule has 0 aliphatic carbocycles. The van der Waals surface area contributed by atoms with Crippen LogP contribution in [-0.4, -0.2) is 29.4 Å². The van der Waals surface area contributed by atoms with Gasteiger partial charge < -0.3 is 15.6 Å². The molecule has 1 aliphatic heterocycles. The monoisotopic (exact) mass is 365 g/mol. The number of hydrogen-bond donors (Lipinski definition) is 3. The molecule has 27 heavy (non-hydrogen) atoms. The van der Waals surface area contributed by atoms with Crippen LogP contribution < -0.4 is 10.6 Å². The van der Waals surface area contributed by atoms with E-state index in [4.69, 9.17) is 0 Å². The maximum atomic E-state index is 14.3. The van der Waals surface area contributed by atoms with Crippen LogP contribution in [0.3, 0.4) is 0 Å². The van der Waals surface area contributed by atoms with Crippen LogP contribution >= 0.6 is 0 Å². The zero-order valence-electron chi connectivity index (χ0n) is 14.7. The third-order valence-corrected chi connectivity index (χ3v) is 4.94. The fraction of sp³-hybridized carbons (Fsp3) is 0.238. The maximum absolute atomic E-state index is 14.3. The molecule has 0 unspecified atom stereocenters. The number of fused-ring (bicyclic) bond motifs is 1. The molecule has 5 nitrogen and oxygen atoms in total. The molecule has 2 amide bonds. The Labute approximate surface area is 156 Å². The highest BCUT2D eigenvalue weighted by atomic mass is 19.1. The molecule has 0 spiro atoms. The molecule has 4 rings (SSSR count). The Kier molecular flexibility index (Phi) is 4.62. The molecular formula is C21H20FN3O2. The summed E-state index contributed by atoms with van der Waals surface area (Å²) in [6, 6.07) is 14.2. The van der Waals surface area contributed by atoms with Crippen LogP contribution in [-0.2, 0) is 16.0 Å². The van der Waals surface area contributed by atoms with Gasteiger partial charge in [0.1, 0.15) is 11.9 Å². The molecule has 3 aromatic rings. The Hall–Kier alpha value is -3.15. The van der Waals surface area contributed by atoms with Crippen LogP contribution in [0, 0.1) is 5.82 Å². The summed E-state index contributed by atoms with van der Waals surface area (Å²) < 4.78 is 14.3. The zero-order chi connectivity index (χ0) is 18.8. The smallest absolute Gasteiger partial charge is 0.242 e. The van der Waals surface area contributed by atoms with Crippen molar-refractivity contribution in [2.75, 3.05) is 6.54 Å². The van der Waals surface area contributed by atoms with Gasteiger partial charge in [0.15, 0.2) is 0 Å². The van der Waals surface area contributed by atoms with E-state index in [1.807, 2.05) is 36.4 Å². The summed E-state index contributed by atoms with van der Waals surface area (Å²) >= 11 is 0. The van der Waals surface area contributed by atoms with Crippen molar-refractivity contribution in [3.05, 3.63) is 59.9 Å². The first-order valence-electron chi connectivity index (χ1n) is 9.05. The van der Waals surface area contributed by atoms with Gasteiger partial charge in [-0.3, -0.25) is 9.59 Å². The fourth-order valence-electron chi connectivity index (χ4n) is 3.59. The van der Waals surface area contributed by atoms with Crippen molar-refractivity contribution in [3.8, 4) is 11.3 Å². The van der Waals surface area contributed by atoms with Gasteiger partial charge in [0.05, 0.1) is 5.52 Å². The third kappa shape index (κ3) is 3.43. The van der Waals surface area contributed by atoms with Crippen LogP contribution in [0.25, 0.3) is 22.2 Å². The SMILES string of the molecule is O=C(CCc1c(-c2ccccc2)[nH]c2c(F)cccc12)N[C@H]1CCNC1=O. The minimum Gasteiger partial charge on any atom is -0.354 e. The number of carbonyl (C=O) groups is 2. The first kappa shape index (κ1) is 17.3. The standard InChI is InChI=1S/C21H20FN3O2/c22-16-8-4-7-14-15(9-10-18(26)24-17-11-12-23-21(17)27)19(25-20(14)16)13-5-2-1-3-6-13/h1-8,17,25H,9-12H2,(H,23,27)(H,24,26)/t17-/m0/s1. The fourth-order valence-corrected chi connectivity index (χ4v) is 3.59. The number of aryl methyl sites for hydroxylation is 1. The minimum atomic E-state index is -0.452. The highest BCUT2D eigenvalue weighted by Crippen LogP contribution is 2.32. The number of rotatable bonds is 5. The second-order valence-corrected chi connectivity index (χ2v) is 6.71. The summed E-state index contributed by atoms with van der Waals surface area (Å²) in [5, 5.41) is 6.26. The van der Waals surface area contributed by atoms with Crippen LogP contribution in [0.2, 0.25) is 0 Å². The summed E-state index contributed by atoms with van der Waals surface area (Å²) in [4.78, 5) is 27.1. The number of para-hydroxylation sites is 1. The van der Waals surface area contributed by atoms with Crippen LogP contribution in [0.15, 0.2) is 48.5 Å². The van der Waals surface area contributed by atoms with Crippen molar-refractivity contribution in [2.45, 2.75) is 25.3 Å². The molecule has 1 fully saturated rings. The first-order chi connectivity index (χ1) is 13.1. The van der Waals surface area contributed by atoms with Gasteiger partial charge >= 0.3 is 0 Å². The van der Waals surface area contributed by atoms with E-state index < -0.39 is 6.04 Å². The molecule has 0 radical (unpaired) electrons. The van der Waals surface area contributed by atoms with Crippen molar-refractivity contribution in [3.63, 3.8) is 0 Å². The molecule has 2 aromatic carbocycles. The van der Waals surface area contributed by atoms with Crippen LogP contribution in [0.4, 0.5) is 4.39 Å². The van der Waals surface area contributed by atoms with Gasteiger partial charge in [-0.25, -0.2) is 4.39 Å². The molecule has 3 N–H and O–H groups in total. The van der Waals surface area contributed by atoms with Gasteiger partial charge in [0.25, 0.3) is 0 Å². The number of carbonyl (C=O) groups excluding carboxylic acids is 2. The third-order valence-electron chi connectivity index (χ3n) is 4.94. The van der Waals surface area contributed by atoms with Crippen LogP contribution in [0.5, 0.6) is 0 Å². The van der Waals surface area contributed by atoms with E-state index in [2.05, 4.69) is 15.6 Å². The van der Waals surface area contributed by atoms with Crippen molar-refractivity contribution in [1.82, 2.24) is 15.6 Å². The average Bonchev–Trinajstić information content (AvgIpc) is 3.25. The molecule has 0 bridgehead atoms. The molecule has 1 atom stereocenters. The Morgan fingerprint density at radius 1 is 1.15 bits per heavy atom. The van der Waals surface area contributed by atoms with E-state index >= 15 is 0 Å². The van der Waals surface area contributed by atoms with E-state index in [0.29, 0.717) is 24.9 Å². The average molecular weight is 365 g/mol. The highest BCUT2D eigenvalue weighted by Gasteiger charge is 2.25. The lowest BCUT2D eigenvalue weighted by atomic mass is 10.0. The van der Waals surface area contributed by atoms with Gasteiger partial charge in [0.2, 0.25) is 11.8 Å². The second kappa shape index (κ2) is 7.23. The summed E-state index contributed by atoms with van der Waals surface area (Å²) in [5.41, 5.74) is 3.12. The molecule has 138 valence electrons. The topological polar surface area (TPSA) is 74.0 Å². The minimum absolute atomic E-state index is 0.137. The van der Waals surface area contributed by atoms with E-state index in [1.165, 1.54) is 6.07 Å². The van der Waals surface area contributed by atoms with Crippen molar-refractivity contribution in [1.29, 1.82) is 0 Å². The predicted molar refractivity (Wildman–Crippen MR) is 102 cm³/mol. The maximum Gasteiger partial charge on any atom is 0.242 e. The summed E-state index contributed by atoms with van der Waals surface area (Å²) in [5.74, 6) is -0.632. The van der Waals surface area contributed by atoms with Gasteiger partial charge in [-0.2, -0.15) is 0 Å². The number of hydrogen-bond acceptors (Lipinski definition) is 2. The zero-order valence-corrected chi connectivity index (χ0v) is 14.7. The summed E-state index contributed by atoms with van der Waals surface area (Å²) in [6.07, 6.45) is 1.29. The van der Waals surface area contributed by atoms with Crippen molar-refractivity contribution < 1.29 is 14.0 Å². The van der Waals surface area contributed by atoms with Gasteiger partial charge in [-0.05, 0) is 30.0 Å². The lowest BCUT2D eigenvalue weighted by molar-refractivity contribution is -0.127. The Morgan fingerprint density at radius 3 is 2.70 bits per heavy atom. The van der Waals surface area contributed by atoms with E-state index in [1.54, 1.807) is 6.07 Å². The number of nitrogens with one attached hydrogen (secondary N) is 3. The summed E-state index contributed by atoms with van der Waals surface area (Å²) in [7, 11) is 0. The number of aromatic nitrogens is 1. The lowest BCUT2D eigenvalue weighted by Gasteiger charge is -2.10. The van der Waals surface area contributed by atoms with E-state index in [-0.39, 0.29) is 24.1 Å². The largest absolute Gasteiger partial charge is 0.354 e. The molecule has 2 heterocycles. The predicted octanol–water partition coefficient (Wildman–Crippen LogP) is 2.91. The normalized spacial score (nSPS) is 16.5. The van der Waals surface area contributed by atoms with E-state index in [0.717, 1.165) is 22.2 Å². The number of amides is 2. The molecular weight excluding hydrogens is 345 g/mol. The van der Waals surface area contributed by atoms with Crippen LogP contribution in [0.1, 0.15) is 18.4 Å². The van der Waals surface area contributed by atoms with Crippen molar-refractivity contribution in [2.24, 2.45) is 0 Å². The Bertz CT molecular complexity index is 997. The molecule has 6 heteroatoms. The van der Waals surface area contributed by atoms with E-state index in [9.17, 15) is 14.0 Å². The number of benzene rings is 2. The summed E-state index contributed by atoms with van der Waals surface area (Å²) in [6.45, 7) is 0.587. The quantitative estimate of drug-likeness (QED) is 0.650. The van der Waals surface area contributed by atoms with Crippen molar-refractivity contribution >= 4 is 22.7 Å². The molecule has 0 saturated carbocycles. The lowest BCUT2D eigenvalue weighted by Crippen LogP contribution is -2.40. The van der Waals surface area contributed by atoms with Gasteiger partial charge in [-0.15, -0.1) is 0 Å². The Morgan fingerprint density at radius 2 is 1.96 bits per heavy atom. The number of halogens is 1. The Balaban J connectivity index is 1.61.